The Morgan fingerprint density at radius 1 is 1.26 bits per heavy atom. The first kappa shape index (κ1) is 16.8. The van der Waals surface area contributed by atoms with Gasteiger partial charge < -0.3 is 14.8 Å². The summed E-state index contributed by atoms with van der Waals surface area (Å²) in [7, 11) is 0. The van der Waals surface area contributed by atoms with Crippen LogP contribution in [0.2, 0.25) is 5.02 Å². The average molecular weight is 341 g/mol. The molecule has 0 spiro atoms. The predicted molar refractivity (Wildman–Crippen MR) is 80.8 cm³/mol. The lowest BCUT2D eigenvalue weighted by atomic mass is 10.1. The smallest absolute Gasteiger partial charge is 0.350 e. The minimum absolute atomic E-state index is 0.109. The van der Waals surface area contributed by atoms with Crippen LogP contribution in [-0.4, -0.2) is 22.6 Å². The molecule has 2 rings (SSSR count). The number of benzene rings is 1. The zero-order valence-corrected chi connectivity index (χ0v) is 13.3. The van der Waals surface area contributed by atoms with Gasteiger partial charge in [-0.3, -0.25) is 10.1 Å². The van der Waals surface area contributed by atoms with Crippen molar-refractivity contribution in [2.45, 2.75) is 26.6 Å². The molecule has 1 saturated heterocycles. The van der Waals surface area contributed by atoms with Gasteiger partial charge in [0.25, 0.3) is 11.5 Å². The molecule has 1 aromatic rings. The highest BCUT2D eigenvalue weighted by atomic mass is 35.5. The SMILES string of the molecule is Cc1cc(Cl)cc([N+](=O)[O-])c1NC=C1C(=O)OC(C)(C)OC1=O. The normalized spacial score (nSPS) is 16.4. The predicted octanol–water partition coefficient (Wildman–Crippen LogP) is 2.69. The number of ether oxygens (including phenoxy) is 2. The summed E-state index contributed by atoms with van der Waals surface area (Å²) in [5, 5.41) is 13.9. The van der Waals surface area contributed by atoms with E-state index in [9.17, 15) is 19.7 Å². The lowest BCUT2D eigenvalue weighted by Crippen LogP contribution is -2.42. The minimum atomic E-state index is -1.35. The summed E-state index contributed by atoms with van der Waals surface area (Å²) in [5.74, 6) is -3.12. The molecule has 122 valence electrons. The zero-order valence-electron chi connectivity index (χ0n) is 12.5. The van der Waals surface area contributed by atoms with E-state index >= 15 is 0 Å². The van der Waals surface area contributed by atoms with Gasteiger partial charge in [0, 0.05) is 31.1 Å². The summed E-state index contributed by atoms with van der Waals surface area (Å²) in [6.45, 7) is 4.43. The van der Waals surface area contributed by atoms with Gasteiger partial charge in [0.2, 0.25) is 0 Å². The standard InChI is InChI=1S/C14H13ClN2O6/c1-7-4-8(15)5-10(17(20)21)11(7)16-6-9-12(18)22-14(2,3)23-13(9)19/h4-6,16H,1-3H3. The number of hydrogen-bond acceptors (Lipinski definition) is 7. The Morgan fingerprint density at radius 3 is 2.35 bits per heavy atom. The van der Waals surface area contributed by atoms with Gasteiger partial charge in [0.15, 0.2) is 5.57 Å². The van der Waals surface area contributed by atoms with Crippen LogP contribution >= 0.6 is 11.6 Å². The molecule has 1 heterocycles. The maximum absolute atomic E-state index is 11.8. The number of nitrogens with zero attached hydrogens (tertiary/aromatic N) is 1. The molecule has 0 atom stereocenters. The van der Waals surface area contributed by atoms with Crippen LogP contribution in [0.15, 0.2) is 23.9 Å². The Labute approximate surface area is 136 Å². The van der Waals surface area contributed by atoms with Crippen molar-refractivity contribution >= 4 is 34.9 Å². The molecule has 0 unspecified atom stereocenters. The lowest BCUT2D eigenvalue weighted by molar-refractivity contribution is -0.383. The second kappa shape index (κ2) is 5.88. The molecule has 1 fully saturated rings. The Morgan fingerprint density at radius 2 is 1.83 bits per heavy atom. The van der Waals surface area contributed by atoms with Crippen molar-refractivity contribution in [2.24, 2.45) is 0 Å². The number of aryl methyl sites for hydroxylation is 1. The van der Waals surface area contributed by atoms with Crippen molar-refractivity contribution in [1.82, 2.24) is 0 Å². The summed E-state index contributed by atoms with van der Waals surface area (Å²) in [6.07, 6.45) is 1.02. The number of rotatable bonds is 3. The maximum atomic E-state index is 11.8. The van der Waals surface area contributed by atoms with Gasteiger partial charge in [-0.25, -0.2) is 9.59 Å². The number of nitrogens with one attached hydrogen (secondary N) is 1. The third kappa shape index (κ3) is 3.59. The van der Waals surface area contributed by atoms with Crippen molar-refractivity contribution in [3.8, 4) is 0 Å². The van der Waals surface area contributed by atoms with Crippen molar-refractivity contribution in [3.05, 3.63) is 44.6 Å². The highest BCUT2D eigenvalue weighted by Gasteiger charge is 2.39. The van der Waals surface area contributed by atoms with E-state index in [1.807, 2.05) is 0 Å². The first-order valence-corrected chi connectivity index (χ1v) is 6.86. The Balaban J connectivity index is 2.35. The average Bonchev–Trinajstić information content (AvgIpc) is 2.37. The highest BCUT2D eigenvalue weighted by Crippen LogP contribution is 2.32. The number of carbonyl (C=O) groups is 2. The lowest BCUT2D eigenvalue weighted by Gasteiger charge is -2.29. The molecule has 0 aromatic heterocycles. The molecule has 0 amide bonds. The number of esters is 2. The number of nitro groups is 1. The van der Waals surface area contributed by atoms with Crippen LogP contribution in [0.25, 0.3) is 0 Å². The Kier molecular flexibility index (Phi) is 4.28. The molecule has 1 aromatic carbocycles. The van der Waals surface area contributed by atoms with E-state index in [1.54, 1.807) is 6.92 Å². The third-order valence-electron chi connectivity index (χ3n) is 2.95. The van der Waals surface area contributed by atoms with Crippen LogP contribution in [0.4, 0.5) is 11.4 Å². The molecular formula is C14H13ClN2O6. The third-order valence-corrected chi connectivity index (χ3v) is 3.17. The van der Waals surface area contributed by atoms with Crippen molar-refractivity contribution in [1.29, 1.82) is 0 Å². The van der Waals surface area contributed by atoms with Crippen molar-refractivity contribution < 1.29 is 24.0 Å². The number of halogens is 1. The van der Waals surface area contributed by atoms with Crippen LogP contribution < -0.4 is 5.32 Å². The Bertz CT molecular complexity index is 719. The molecule has 1 N–H and O–H groups in total. The molecule has 0 radical (unpaired) electrons. The van der Waals surface area contributed by atoms with Crippen molar-refractivity contribution in [3.63, 3.8) is 0 Å². The van der Waals surface area contributed by atoms with Crippen LogP contribution in [0.3, 0.4) is 0 Å². The van der Waals surface area contributed by atoms with Crippen LogP contribution in [-0.2, 0) is 19.1 Å². The van der Waals surface area contributed by atoms with Gasteiger partial charge in [-0.05, 0) is 18.6 Å². The molecule has 0 saturated carbocycles. The second-order valence-corrected chi connectivity index (χ2v) is 5.69. The fourth-order valence-electron chi connectivity index (χ4n) is 1.98. The molecule has 8 nitrogen and oxygen atoms in total. The quantitative estimate of drug-likeness (QED) is 0.296. The van der Waals surface area contributed by atoms with Gasteiger partial charge in [-0.15, -0.1) is 0 Å². The van der Waals surface area contributed by atoms with Crippen LogP contribution in [0.5, 0.6) is 0 Å². The molecule has 0 aliphatic carbocycles. The summed E-state index contributed by atoms with van der Waals surface area (Å²) in [6, 6.07) is 2.67. The van der Waals surface area contributed by atoms with E-state index in [-0.39, 0.29) is 16.4 Å². The topological polar surface area (TPSA) is 108 Å². The van der Waals surface area contributed by atoms with Gasteiger partial charge in [0.05, 0.1) is 4.92 Å². The summed E-state index contributed by atoms with van der Waals surface area (Å²) in [4.78, 5) is 34.1. The highest BCUT2D eigenvalue weighted by molar-refractivity contribution is 6.31. The number of anilines is 1. The number of nitro benzene ring substituents is 1. The van der Waals surface area contributed by atoms with Gasteiger partial charge >= 0.3 is 11.9 Å². The van der Waals surface area contributed by atoms with E-state index in [4.69, 9.17) is 21.1 Å². The van der Waals surface area contributed by atoms with E-state index in [1.165, 1.54) is 19.9 Å². The summed E-state index contributed by atoms with van der Waals surface area (Å²) >= 11 is 5.80. The van der Waals surface area contributed by atoms with Crippen LogP contribution in [0, 0.1) is 17.0 Å². The second-order valence-electron chi connectivity index (χ2n) is 5.26. The monoisotopic (exact) mass is 340 g/mol. The minimum Gasteiger partial charge on any atom is -0.419 e. The van der Waals surface area contributed by atoms with E-state index in [2.05, 4.69) is 5.32 Å². The summed E-state index contributed by atoms with van der Waals surface area (Å²) in [5.41, 5.74) is -0.103. The van der Waals surface area contributed by atoms with Gasteiger partial charge in [0.1, 0.15) is 5.69 Å². The van der Waals surface area contributed by atoms with E-state index in [0.717, 1.165) is 12.3 Å². The fraction of sp³-hybridized carbons (Fsp3) is 0.286. The van der Waals surface area contributed by atoms with E-state index in [0.29, 0.717) is 5.56 Å². The first-order chi connectivity index (χ1) is 10.6. The van der Waals surface area contributed by atoms with Gasteiger partial charge in [-0.1, -0.05) is 11.6 Å². The Hall–Kier alpha value is -2.61. The molecular weight excluding hydrogens is 328 g/mol. The molecule has 9 heteroatoms. The number of cyclic esters (lactones) is 2. The molecule has 1 aliphatic rings. The van der Waals surface area contributed by atoms with Crippen molar-refractivity contribution in [2.75, 3.05) is 5.32 Å². The zero-order chi connectivity index (χ0) is 17.4. The number of hydrogen-bond donors (Lipinski definition) is 1. The summed E-state index contributed by atoms with van der Waals surface area (Å²) < 4.78 is 9.85. The molecule has 0 bridgehead atoms. The maximum Gasteiger partial charge on any atom is 0.350 e. The number of carbonyl (C=O) groups excluding carboxylic acids is 2. The van der Waals surface area contributed by atoms with E-state index < -0.39 is 28.2 Å². The first-order valence-electron chi connectivity index (χ1n) is 6.48. The largest absolute Gasteiger partial charge is 0.419 e. The fourth-order valence-corrected chi connectivity index (χ4v) is 2.25. The molecule has 23 heavy (non-hydrogen) atoms. The van der Waals surface area contributed by atoms with Crippen LogP contribution in [0.1, 0.15) is 19.4 Å². The molecule has 1 aliphatic heterocycles. The van der Waals surface area contributed by atoms with Gasteiger partial charge in [-0.2, -0.15) is 0 Å².